The maximum atomic E-state index is 12.1. The minimum Gasteiger partial charge on any atom is -0.347 e. The van der Waals surface area contributed by atoms with E-state index in [0.29, 0.717) is 18.3 Å². The van der Waals surface area contributed by atoms with Crippen molar-refractivity contribution < 1.29 is 4.79 Å². The van der Waals surface area contributed by atoms with Gasteiger partial charge >= 0.3 is 0 Å². The lowest BCUT2D eigenvalue weighted by molar-refractivity contribution is 0.0944. The van der Waals surface area contributed by atoms with Crippen LogP contribution in [0.1, 0.15) is 34.9 Å². The molecule has 1 aliphatic rings. The van der Waals surface area contributed by atoms with Crippen molar-refractivity contribution in [2.45, 2.75) is 25.4 Å². The summed E-state index contributed by atoms with van der Waals surface area (Å²) in [4.78, 5) is 16.0. The number of nitrogens with one attached hydrogen (secondary N) is 2. The number of hydrogen-bond donors (Lipinski definition) is 2. The Morgan fingerprint density at radius 2 is 2.24 bits per heavy atom. The topological polar surface area (TPSA) is 71.8 Å². The van der Waals surface area contributed by atoms with Crippen LogP contribution in [0.5, 0.6) is 0 Å². The van der Waals surface area contributed by atoms with Crippen LogP contribution in [0, 0.1) is 0 Å². The van der Waals surface area contributed by atoms with Crippen molar-refractivity contribution in [3.63, 3.8) is 0 Å². The van der Waals surface area contributed by atoms with Crippen LogP contribution in [0.25, 0.3) is 0 Å². The molecule has 1 saturated heterocycles. The Balaban J connectivity index is 1.59. The van der Waals surface area contributed by atoms with Crippen LogP contribution >= 0.6 is 0 Å². The summed E-state index contributed by atoms with van der Waals surface area (Å²) in [5.74, 6) is -0.144. The Hall–Kier alpha value is -2.21. The monoisotopic (exact) mass is 285 g/mol. The molecule has 2 N–H and O–H groups in total. The molecule has 6 nitrogen and oxygen atoms in total. The van der Waals surface area contributed by atoms with Gasteiger partial charge in [0.25, 0.3) is 5.91 Å². The van der Waals surface area contributed by atoms with Crippen molar-refractivity contribution in [2.75, 3.05) is 13.1 Å². The number of carbonyl (C=O) groups is 1. The molecule has 0 bridgehead atoms. The van der Waals surface area contributed by atoms with Crippen molar-refractivity contribution in [3.8, 4) is 0 Å². The molecule has 1 atom stereocenters. The number of pyridine rings is 1. The van der Waals surface area contributed by atoms with Gasteiger partial charge in [-0.15, -0.1) is 0 Å². The molecule has 1 fully saturated rings. The summed E-state index contributed by atoms with van der Waals surface area (Å²) in [6, 6.07) is 5.89. The molecule has 2 aromatic heterocycles. The number of rotatable bonds is 4. The molecule has 0 saturated carbocycles. The number of nitrogens with zero attached hydrogens (tertiary/aromatic N) is 3. The second-order valence-electron chi connectivity index (χ2n) is 5.22. The molecule has 0 aromatic carbocycles. The first-order valence-electron chi connectivity index (χ1n) is 7.26. The molecule has 1 aliphatic heterocycles. The Kier molecular flexibility index (Phi) is 4.25. The minimum absolute atomic E-state index is 0.144. The first-order chi connectivity index (χ1) is 10.3. The van der Waals surface area contributed by atoms with Gasteiger partial charge in [-0.25, -0.2) is 0 Å². The minimum atomic E-state index is -0.144. The number of aromatic nitrogens is 3. The number of piperidine rings is 1. The average molecular weight is 285 g/mol. The van der Waals surface area contributed by atoms with Crippen molar-refractivity contribution in [1.82, 2.24) is 25.4 Å². The average Bonchev–Trinajstić information content (AvgIpc) is 3.04. The van der Waals surface area contributed by atoms with E-state index in [9.17, 15) is 4.79 Å². The number of amides is 1. The van der Waals surface area contributed by atoms with E-state index in [2.05, 4.69) is 20.7 Å². The molecule has 3 heterocycles. The van der Waals surface area contributed by atoms with Gasteiger partial charge in [0.1, 0.15) is 5.69 Å². The fraction of sp³-hybridized carbons (Fsp3) is 0.400. The zero-order valence-electron chi connectivity index (χ0n) is 11.8. The highest BCUT2D eigenvalue weighted by Gasteiger charge is 2.17. The second-order valence-corrected chi connectivity index (χ2v) is 5.22. The molecule has 21 heavy (non-hydrogen) atoms. The molecule has 3 rings (SSSR count). The van der Waals surface area contributed by atoms with E-state index < -0.39 is 0 Å². The fourth-order valence-corrected chi connectivity index (χ4v) is 2.50. The number of hydrogen-bond acceptors (Lipinski definition) is 4. The van der Waals surface area contributed by atoms with Gasteiger partial charge in [0.05, 0.1) is 6.04 Å². The molecule has 1 amide bonds. The lowest BCUT2D eigenvalue weighted by Gasteiger charge is -2.22. The van der Waals surface area contributed by atoms with E-state index in [4.69, 9.17) is 0 Å². The Morgan fingerprint density at radius 1 is 1.38 bits per heavy atom. The summed E-state index contributed by atoms with van der Waals surface area (Å²) in [7, 11) is 0. The maximum Gasteiger partial charge on any atom is 0.272 e. The largest absolute Gasteiger partial charge is 0.347 e. The highest BCUT2D eigenvalue weighted by Crippen LogP contribution is 2.15. The van der Waals surface area contributed by atoms with Crippen LogP contribution in [-0.2, 0) is 6.54 Å². The van der Waals surface area contributed by atoms with Gasteiger partial charge in [0, 0.05) is 31.7 Å². The molecule has 0 aliphatic carbocycles. The van der Waals surface area contributed by atoms with Gasteiger partial charge < -0.3 is 10.6 Å². The first kappa shape index (κ1) is 13.8. The molecule has 0 radical (unpaired) electrons. The van der Waals surface area contributed by atoms with Crippen LogP contribution in [0.3, 0.4) is 0 Å². The zero-order chi connectivity index (χ0) is 14.5. The molecule has 110 valence electrons. The SMILES string of the molecule is O=C(NCc1ccncc1)c1ccn(C2CCCNC2)n1. The van der Waals surface area contributed by atoms with Crippen LogP contribution in [-0.4, -0.2) is 33.8 Å². The van der Waals surface area contributed by atoms with Crippen molar-refractivity contribution in [2.24, 2.45) is 0 Å². The maximum absolute atomic E-state index is 12.1. The Labute approximate surface area is 123 Å². The van der Waals surface area contributed by atoms with Gasteiger partial charge in [0.15, 0.2) is 0 Å². The Morgan fingerprint density at radius 3 is 3.00 bits per heavy atom. The van der Waals surface area contributed by atoms with Crippen LogP contribution < -0.4 is 10.6 Å². The first-order valence-corrected chi connectivity index (χ1v) is 7.26. The second kappa shape index (κ2) is 6.49. The standard InChI is InChI=1S/C15H19N5O/c21-15(18-10-12-3-7-16-8-4-12)14-5-9-20(19-14)13-2-1-6-17-11-13/h3-5,7-9,13,17H,1-2,6,10-11H2,(H,18,21). The van der Waals surface area contributed by atoms with Crippen LogP contribution in [0.4, 0.5) is 0 Å². The predicted octanol–water partition coefficient (Wildman–Crippen LogP) is 1.13. The van der Waals surface area contributed by atoms with Gasteiger partial charge in [-0.3, -0.25) is 14.5 Å². The van der Waals surface area contributed by atoms with Crippen molar-refractivity contribution >= 4 is 5.91 Å². The zero-order valence-corrected chi connectivity index (χ0v) is 11.8. The molecule has 6 heteroatoms. The smallest absolute Gasteiger partial charge is 0.272 e. The summed E-state index contributed by atoms with van der Waals surface area (Å²) in [5.41, 5.74) is 1.49. The Bertz CT molecular complexity index is 589. The third kappa shape index (κ3) is 3.46. The molecule has 1 unspecified atom stereocenters. The molecule has 2 aromatic rings. The van der Waals surface area contributed by atoms with E-state index in [1.165, 1.54) is 0 Å². The van der Waals surface area contributed by atoms with E-state index in [-0.39, 0.29) is 5.91 Å². The van der Waals surface area contributed by atoms with Gasteiger partial charge in [-0.2, -0.15) is 5.10 Å². The van der Waals surface area contributed by atoms with E-state index >= 15 is 0 Å². The van der Waals surface area contributed by atoms with E-state index in [0.717, 1.165) is 31.5 Å². The lowest BCUT2D eigenvalue weighted by atomic mass is 10.1. The summed E-state index contributed by atoms with van der Waals surface area (Å²) < 4.78 is 1.90. The highest BCUT2D eigenvalue weighted by molar-refractivity contribution is 5.92. The van der Waals surface area contributed by atoms with Crippen molar-refractivity contribution in [1.29, 1.82) is 0 Å². The predicted molar refractivity (Wildman–Crippen MR) is 78.8 cm³/mol. The highest BCUT2D eigenvalue weighted by atomic mass is 16.1. The van der Waals surface area contributed by atoms with E-state index in [1.54, 1.807) is 18.5 Å². The fourth-order valence-electron chi connectivity index (χ4n) is 2.50. The third-order valence-corrected chi connectivity index (χ3v) is 3.69. The lowest BCUT2D eigenvalue weighted by Crippen LogP contribution is -2.32. The quantitative estimate of drug-likeness (QED) is 0.883. The van der Waals surface area contributed by atoms with Crippen molar-refractivity contribution in [3.05, 3.63) is 48.0 Å². The molecular weight excluding hydrogens is 266 g/mol. The van der Waals surface area contributed by atoms with Crippen LogP contribution in [0.15, 0.2) is 36.8 Å². The van der Waals surface area contributed by atoms with Gasteiger partial charge in [0.2, 0.25) is 0 Å². The summed E-state index contributed by atoms with van der Waals surface area (Å²) in [5, 5.41) is 10.6. The summed E-state index contributed by atoms with van der Waals surface area (Å²) in [6.07, 6.45) is 7.57. The molecule has 0 spiro atoms. The van der Waals surface area contributed by atoms with Gasteiger partial charge in [-0.05, 0) is 43.1 Å². The van der Waals surface area contributed by atoms with Crippen LogP contribution in [0.2, 0.25) is 0 Å². The van der Waals surface area contributed by atoms with Gasteiger partial charge in [-0.1, -0.05) is 0 Å². The molecular formula is C15H19N5O. The summed E-state index contributed by atoms with van der Waals surface area (Å²) >= 11 is 0. The van der Waals surface area contributed by atoms with E-state index in [1.807, 2.05) is 23.0 Å². The number of carbonyl (C=O) groups excluding carboxylic acids is 1. The normalized spacial score (nSPS) is 18.4. The third-order valence-electron chi connectivity index (χ3n) is 3.69. The summed E-state index contributed by atoms with van der Waals surface area (Å²) in [6.45, 7) is 2.47.